The van der Waals surface area contributed by atoms with Crippen LogP contribution in [-0.4, -0.2) is 4.98 Å². The van der Waals surface area contributed by atoms with E-state index in [1.807, 2.05) is 0 Å². The smallest absolute Gasteiger partial charge is 0.0742 e. The van der Waals surface area contributed by atoms with Crippen LogP contribution >= 0.6 is 0 Å². The van der Waals surface area contributed by atoms with E-state index in [0.29, 0.717) is 0 Å². The van der Waals surface area contributed by atoms with Crippen molar-refractivity contribution in [2.75, 3.05) is 0 Å². The third-order valence-corrected chi connectivity index (χ3v) is 4.41. The third kappa shape index (κ3) is 1.56. The summed E-state index contributed by atoms with van der Waals surface area (Å²) in [5, 5.41) is 1.36. The number of rotatable bonds is 0. The summed E-state index contributed by atoms with van der Waals surface area (Å²) in [5.74, 6) is 0. The summed E-state index contributed by atoms with van der Waals surface area (Å²) in [5.41, 5.74) is 10.5. The van der Waals surface area contributed by atoms with Crippen LogP contribution in [0.3, 0.4) is 0 Å². The van der Waals surface area contributed by atoms with E-state index in [9.17, 15) is 0 Å². The van der Waals surface area contributed by atoms with Crippen LogP contribution in [0.1, 0.15) is 39.1 Å². The number of fused-ring (bicyclic) bond motifs is 1. The molecule has 1 aromatic heterocycles. The summed E-state index contributed by atoms with van der Waals surface area (Å²) < 4.78 is 0. The minimum Gasteiger partial charge on any atom is -0.253 e. The van der Waals surface area contributed by atoms with Gasteiger partial charge in [0.15, 0.2) is 0 Å². The van der Waals surface area contributed by atoms with Crippen LogP contribution in [0.25, 0.3) is 10.9 Å². The van der Waals surface area contributed by atoms with Crippen molar-refractivity contribution in [3.63, 3.8) is 0 Å². The lowest BCUT2D eigenvalue weighted by atomic mass is 9.90. The van der Waals surface area contributed by atoms with Gasteiger partial charge in [0, 0.05) is 11.1 Å². The maximum atomic E-state index is 4.80. The van der Waals surface area contributed by atoms with Gasteiger partial charge in [0.05, 0.1) is 5.52 Å². The van der Waals surface area contributed by atoms with Gasteiger partial charge >= 0.3 is 0 Å². The first kappa shape index (κ1) is 12.1. The molecule has 17 heavy (non-hydrogen) atoms. The fourth-order valence-electron chi connectivity index (χ4n) is 2.60. The fourth-order valence-corrected chi connectivity index (χ4v) is 2.60. The highest BCUT2D eigenvalue weighted by Crippen LogP contribution is 2.32. The van der Waals surface area contributed by atoms with Gasteiger partial charge in [0.25, 0.3) is 0 Å². The van der Waals surface area contributed by atoms with Crippen molar-refractivity contribution in [1.29, 1.82) is 0 Å². The van der Waals surface area contributed by atoms with Crippen molar-refractivity contribution in [2.24, 2.45) is 0 Å². The Labute approximate surface area is 104 Å². The number of pyridine rings is 1. The second-order valence-electron chi connectivity index (χ2n) is 5.17. The second kappa shape index (κ2) is 3.83. The maximum Gasteiger partial charge on any atom is 0.0742 e. The van der Waals surface area contributed by atoms with Gasteiger partial charge in [0.2, 0.25) is 0 Å². The van der Waals surface area contributed by atoms with Gasteiger partial charge in [-0.2, -0.15) is 0 Å². The zero-order chi connectivity index (χ0) is 12.9. The highest BCUT2D eigenvalue weighted by atomic mass is 14.7. The van der Waals surface area contributed by atoms with Gasteiger partial charge < -0.3 is 0 Å². The van der Waals surface area contributed by atoms with E-state index in [2.05, 4.69) is 48.5 Å². The summed E-state index contributed by atoms with van der Waals surface area (Å²) in [6, 6.07) is 0. The summed E-state index contributed by atoms with van der Waals surface area (Å²) in [6.07, 6.45) is 0. The zero-order valence-corrected chi connectivity index (χ0v) is 11.9. The van der Waals surface area contributed by atoms with E-state index in [0.717, 1.165) is 5.69 Å². The molecule has 0 saturated heterocycles. The minimum atomic E-state index is 1.15. The van der Waals surface area contributed by atoms with Crippen LogP contribution in [-0.2, 0) is 0 Å². The van der Waals surface area contributed by atoms with Crippen LogP contribution in [0.15, 0.2) is 0 Å². The summed E-state index contributed by atoms with van der Waals surface area (Å²) in [4.78, 5) is 4.80. The molecule has 0 aliphatic carbocycles. The van der Waals surface area contributed by atoms with Crippen LogP contribution in [0, 0.1) is 48.5 Å². The molecule has 1 heteroatoms. The van der Waals surface area contributed by atoms with Gasteiger partial charge in [-0.3, -0.25) is 4.98 Å². The molecule has 0 radical (unpaired) electrons. The van der Waals surface area contributed by atoms with Gasteiger partial charge in [-0.1, -0.05) is 0 Å². The molecule has 0 saturated carbocycles. The van der Waals surface area contributed by atoms with E-state index in [4.69, 9.17) is 4.98 Å². The van der Waals surface area contributed by atoms with Crippen LogP contribution in [0.5, 0.6) is 0 Å². The lowest BCUT2D eigenvalue weighted by molar-refractivity contribution is 1.14. The number of hydrogen-bond acceptors (Lipinski definition) is 1. The third-order valence-electron chi connectivity index (χ3n) is 4.41. The molecule has 0 N–H and O–H groups in total. The lowest BCUT2D eigenvalue weighted by Gasteiger charge is -2.17. The zero-order valence-electron chi connectivity index (χ0n) is 11.9. The molecule has 1 heterocycles. The van der Waals surface area contributed by atoms with Crippen molar-refractivity contribution < 1.29 is 0 Å². The van der Waals surface area contributed by atoms with Crippen molar-refractivity contribution in [1.82, 2.24) is 4.98 Å². The molecule has 0 bridgehead atoms. The minimum absolute atomic E-state index is 1.15. The summed E-state index contributed by atoms with van der Waals surface area (Å²) >= 11 is 0. The molecule has 0 fully saturated rings. The van der Waals surface area contributed by atoms with Crippen molar-refractivity contribution >= 4 is 10.9 Å². The average Bonchev–Trinajstić information content (AvgIpc) is 2.30. The number of nitrogens with zero attached hydrogens (tertiary/aromatic N) is 1. The Hall–Kier alpha value is -1.37. The molecule has 2 aromatic rings. The van der Waals surface area contributed by atoms with Crippen LogP contribution in [0.2, 0.25) is 0 Å². The number of aromatic nitrogens is 1. The SMILES string of the molecule is Cc1nc2c(C)c(C)c(C)c(C)c2c(C)c1C. The van der Waals surface area contributed by atoms with E-state index >= 15 is 0 Å². The quantitative estimate of drug-likeness (QED) is 0.650. The van der Waals surface area contributed by atoms with Crippen LogP contribution < -0.4 is 0 Å². The van der Waals surface area contributed by atoms with E-state index in [1.54, 1.807) is 0 Å². The molecule has 1 aromatic carbocycles. The van der Waals surface area contributed by atoms with Crippen molar-refractivity contribution in [2.45, 2.75) is 48.5 Å². The number of aryl methyl sites for hydroxylation is 4. The molecule has 0 amide bonds. The molecular weight excluding hydrogens is 206 g/mol. The number of benzene rings is 1. The molecular formula is C16H21N. The first-order valence-electron chi connectivity index (χ1n) is 6.20. The highest BCUT2D eigenvalue weighted by molar-refractivity contribution is 5.91. The number of hydrogen-bond donors (Lipinski definition) is 0. The monoisotopic (exact) mass is 227 g/mol. The second-order valence-corrected chi connectivity index (χ2v) is 5.17. The molecule has 0 aliphatic rings. The van der Waals surface area contributed by atoms with Crippen molar-refractivity contribution in [3.8, 4) is 0 Å². The Kier molecular flexibility index (Phi) is 2.73. The maximum absolute atomic E-state index is 4.80. The fraction of sp³-hybridized carbons (Fsp3) is 0.438. The first-order valence-corrected chi connectivity index (χ1v) is 6.20. The van der Waals surface area contributed by atoms with Crippen LogP contribution in [0.4, 0.5) is 0 Å². The molecule has 1 nitrogen and oxygen atoms in total. The Morgan fingerprint density at radius 2 is 1.00 bits per heavy atom. The Balaban J connectivity index is 3.12. The highest BCUT2D eigenvalue weighted by Gasteiger charge is 2.14. The topological polar surface area (TPSA) is 12.9 Å². The van der Waals surface area contributed by atoms with Crippen molar-refractivity contribution in [3.05, 3.63) is 39.1 Å². The first-order chi connectivity index (χ1) is 7.86. The van der Waals surface area contributed by atoms with Gasteiger partial charge in [0.1, 0.15) is 0 Å². The largest absolute Gasteiger partial charge is 0.253 e. The average molecular weight is 227 g/mol. The van der Waals surface area contributed by atoms with Gasteiger partial charge in [-0.05, 0) is 81.8 Å². The molecule has 2 rings (SSSR count). The normalized spacial score (nSPS) is 11.2. The Morgan fingerprint density at radius 3 is 1.59 bits per heavy atom. The van der Waals surface area contributed by atoms with E-state index < -0.39 is 0 Å². The molecule has 0 unspecified atom stereocenters. The molecule has 0 spiro atoms. The Bertz CT molecular complexity index is 613. The van der Waals surface area contributed by atoms with E-state index in [-0.39, 0.29) is 0 Å². The molecule has 90 valence electrons. The molecule has 0 atom stereocenters. The summed E-state index contributed by atoms with van der Waals surface area (Å²) in [6.45, 7) is 15.3. The Morgan fingerprint density at radius 1 is 0.529 bits per heavy atom. The molecule has 0 aliphatic heterocycles. The lowest BCUT2D eigenvalue weighted by Crippen LogP contribution is -2.01. The predicted octanol–water partition coefficient (Wildman–Crippen LogP) is 4.39. The van der Waals surface area contributed by atoms with Gasteiger partial charge in [-0.25, -0.2) is 0 Å². The summed E-state index contributed by atoms with van der Waals surface area (Å²) in [7, 11) is 0. The standard InChI is InChI=1S/C16H21N/c1-8-9(2)13(6)16-15(11(8)4)12(5)10(3)14(7)17-16/h1-7H3. The van der Waals surface area contributed by atoms with Gasteiger partial charge in [-0.15, -0.1) is 0 Å². The predicted molar refractivity (Wildman–Crippen MR) is 74.9 cm³/mol. The van der Waals surface area contributed by atoms with E-state index in [1.165, 1.54) is 44.3 Å².